The van der Waals surface area contributed by atoms with Gasteiger partial charge in [-0.2, -0.15) is 4.98 Å². The third-order valence-electron chi connectivity index (χ3n) is 2.95. The number of ether oxygens (including phenoxy) is 1. The van der Waals surface area contributed by atoms with Crippen molar-refractivity contribution in [3.63, 3.8) is 0 Å². The molecule has 0 unspecified atom stereocenters. The maximum Gasteiger partial charge on any atom is 0.264 e. The number of halogens is 1. The lowest BCUT2D eigenvalue weighted by atomic mass is 10.2. The van der Waals surface area contributed by atoms with Gasteiger partial charge in [0.2, 0.25) is 5.82 Å². The monoisotopic (exact) mass is 314 g/mol. The molecule has 22 heavy (non-hydrogen) atoms. The van der Waals surface area contributed by atoms with Crippen molar-refractivity contribution in [2.45, 2.75) is 6.61 Å². The lowest BCUT2D eigenvalue weighted by Gasteiger charge is -2.04. The summed E-state index contributed by atoms with van der Waals surface area (Å²) in [7, 11) is 0. The van der Waals surface area contributed by atoms with Crippen molar-refractivity contribution >= 4 is 17.9 Å². The normalized spacial score (nSPS) is 10.4. The van der Waals surface area contributed by atoms with E-state index in [1.807, 2.05) is 12.1 Å². The molecule has 3 aromatic rings. The van der Waals surface area contributed by atoms with Crippen molar-refractivity contribution in [2.24, 2.45) is 0 Å². The molecule has 5 nitrogen and oxygen atoms in total. The smallest absolute Gasteiger partial charge is 0.264 e. The topological polar surface area (TPSA) is 65.2 Å². The average molecular weight is 315 g/mol. The van der Waals surface area contributed by atoms with E-state index in [0.29, 0.717) is 28.1 Å². The van der Waals surface area contributed by atoms with Gasteiger partial charge in [0, 0.05) is 10.6 Å². The minimum Gasteiger partial charge on any atom is -0.483 e. The summed E-state index contributed by atoms with van der Waals surface area (Å²) in [5.41, 5.74) is 1.23. The molecule has 0 amide bonds. The molecule has 1 aromatic heterocycles. The van der Waals surface area contributed by atoms with E-state index in [4.69, 9.17) is 20.9 Å². The molecule has 0 radical (unpaired) electrons. The number of rotatable bonds is 5. The molecule has 0 aliphatic rings. The van der Waals surface area contributed by atoms with Crippen LogP contribution in [-0.2, 0) is 6.61 Å². The summed E-state index contributed by atoms with van der Waals surface area (Å²) in [4.78, 5) is 15.2. The van der Waals surface area contributed by atoms with Crippen LogP contribution in [0.15, 0.2) is 53.1 Å². The van der Waals surface area contributed by atoms with Crippen molar-refractivity contribution in [1.82, 2.24) is 10.1 Å². The highest BCUT2D eigenvalue weighted by Gasteiger charge is 2.10. The number of carbonyl (C=O) groups excluding carboxylic acids is 1. The summed E-state index contributed by atoms with van der Waals surface area (Å²) in [6.45, 7) is 0.0818. The zero-order valence-electron chi connectivity index (χ0n) is 11.4. The highest BCUT2D eigenvalue weighted by atomic mass is 35.5. The van der Waals surface area contributed by atoms with Crippen LogP contribution in [0.2, 0.25) is 5.02 Å². The van der Waals surface area contributed by atoms with E-state index in [1.165, 1.54) is 0 Å². The van der Waals surface area contributed by atoms with Gasteiger partial charge < -0.3 is 9.26 Å². The molecule has 3 rings (SSSR count). The van der Waals surface area contributed by atoms with E-state index in [-0.39, 0.29) is 6.61 Å². The van der Waals surface area contributed by atoms with Crippen LogP contribution < -0.4 is 4.74 Å². The lowest BCUT2D eigenvalue weighted by molar-refractivity contribution is 0.111. The third-order valence-corrected chi connectivity index (χ3v) is 3.18. The summed E-state index contributed by atoms with van der Waals surface area (Å²) in [5.74, 6) is 1.22. The Kier molecular flexibility index (Phi) is 4.16. The number of aldehydes is 1. The zero-order valence-corrected chi connectivity index (χ0v) is 12.2. The lowest BCUT2D eigenvalue weighted by Crippen LogP contribution is -1.98. The van der Waals surface area contributed by atoms with Crippen LogP contribution in [0.5, 0.6) is 5.75 Å². The van der Waals surface area contributed by atoms with Crippen LogP contribution in [-0.4, -0.2) is 16.4 Å². The Hall–Kier alpha value is -2.66. The molecule has 0 aliphatic heterocycles. The Morgan fingerprint density at radius 2 is 2.05 bits per heavy atom. The second-order valence-electron chi connectivity index (χ2n) is 4.47. The summed E-state index contributed by atoms with van der Waals surface area (Å²) >= 11 is 5.93. The maximum atomic E-state index is 10.9. The average Bonchev–Trinajstić information content (AvgIpc) is 3.02. The van der Waals surface area contributed by atoms with E-state index in [1.54, 1.807) is 36.4 Å². The zero-order chi connectivity index (χ0) is 15.4. The number of hydrogen-bond donors (Lipinski definition) is 0. The van der Waals surface area contributed by atoms with E-state index in [2.05, 4.69) is 10.1 Å². The first kappa shape index (κ1) is 14.3. The Balaban J connectivity index is 1.73. The van der Waals surface area contributed by atoms with Crippen molar-refractivity contribution in [3.05, 3.63) is 65.0 Å². The Labute approximate surface area is 131 Å². The Morgan fingerprint density at radius 1 is 1.18 bits per heavy atom. The predicted molar refractivity (Wildman–Crippen MR) is 80.9 cm³/mol. The number of aromatic nitrogens is 2. The summed E-state index contributed by atoms with van der Waals surface area (Å²) in [6.07, 6.45) is 0.737. The van der Waals surface area contributed by atoms with Gasteiger partial charge in [0.05, 0.1) is 5.56 Å². The molecule has 0 atom stereocenters. The predicted octanol–water partition coefficient (Wildman–Crippen LogP) is 3.78. The molecule has 2 aromatic carbocycles. The fourth-order valence-electron chi connectivity index (χ4n) is 1.91. The molecule has 0 saturated carbocycles. The molecular formula is C16H11ClN2O3. The second-order valence-corrected chi connectivity index (χ2v) is 4.90. The molecular weight excluding hydrogens is 304 g/mol. The van der Waals surface area contributed by atoms with E-state index in [0.717, 1.165) is 11.8 Å². The quantitative estimate of drug-likeness (QED) is 0.670. The number of hydrogen-bond acceptors (Lipinski definition) is 5. The van der Waals surface area contributed by atoms with E-state index < -0.39 is 0 Å². The minimum absolute atomic E-state index is 0.0818. The van der Waals surface area contributed by atoms with Crippen LogP contribution in [0.25, 0.3) is 11.4 Å². The van der Waals surface area contributed by atoms with Gasteiger partial charge in [0.25, 0.3) is 5.89 Å². The van der Waals surface area contributed by atoms with Gasteiger partial charge in [-0.1, -0.05) is 41.0 Å². The SMILES string of the molecule is O=Cc1ccccc1OCc1nc(-c2cccc(Cl)c2)no1. The highest BCUT2D eigenvalue weighted by Crippen LogP contribution is 2.21. The third kappa shape index (κ3) is 3.15. The largest absolute Gasteiger partial charge is 0.483 e. The first-order chi connectivity index (χ1) is 10.8. The van der Waals surface area contributed by atoms with Crippen molar-refractivity contribution in [2.75, 3.05) is 0 Å². The van der Waals surface area contributed by atoms with Crippen LogP contribution in [0.3, 0.4) is 0 Å². The molecule has 0 fully saturated rings. The van der Waals surface area contributed by atoms with Gasteiger partial charge in [-0.05, 0) is 24.3 Å². The van der Waals surface area contributed by atoms with Crippen LogP contribution in [0.1, 0.15) is 16.2 Å². The number of para-hydroxylation sites is 1. The standard InChI is InChI=1S/C16H11ClN2O3/c17-13-6-3-5-11(8-13)16-18-15(22-19-16)10-21-14-7-2-1-4-12(14)9-20/h1-9H,10H2. The number of benzene rings is 2. The summed E-state index contributed by atoms with van der Waals surface area (Å²) < 4.78 is 10.7. The second kappa shape index (κ2) is 6.41. The summed E-state index contributed by atoms with van der Waals surface area (Å²) in [5, 5.41) is 4.49. The van der Waals surface area contributed by atoms with Crippen molar-refractivity contribution in [1.29, 1.82) is 0 Å². The number of carbonyl (C=O) groups is 1. The first-order valence-corrected chi connectivity index (χ1v) is 6.89. The molecule has 1 heterocycles. The molecule has 0 saturated heterocycles. The van der Waals surface area contributed by atoms with Gasteiger partial charge in [0.1, 0.15) is 5.75 Å². The van der Waals surface area contributed by atoms with Crippen LogP contribution in [0.4, 0.5) is 0 Å². The highest BCUT2D eigenvalue weighted by molar-refractivity contribution is 6.30. The number of nitrogens with zero attached hydrogens (tertiary/aromatic N) is 2. The van der Waals surface area contributed by atoms with Crippen LogP contribution >= 0.6 is 11.6 Å². The summed E-state index contributed by atoms with van der Waals surface area (Å²) in [6, 6.07) is 14.1. The molecule has 0 aliphatic carbocycles. The molecule has 6 heteroatoms. The molecule has 0 N–H and O–H groups in total. The Morgan fingerprint density at radius 3 is 2.86 bits per heavy atom. The maximum absolute atomic E-state index is 10.9. The minimum atomic E-state index is 0.0818. The fourth-order valence-corrected chi connectivity index (χ4v) is 2.10. The molecule has 110 valence electrons. The molecule has 0 spiro atoms. The van der Waals surface area contributed by atoms with Crippen molar-refractivity contribution in [3.8, 4) is 17.1 Å². The van der Waals surface area contributed by atoms with Gasteiger partial charge >= 0.3 is 0 Å². The fraction of sp³-hybridized carbons (Fsp3) is 0.0625. The van der Waals surface area contributed by atoms with Crippen LogP contribution in [0, 0.1) is 0 Å². The van der Waals surface area contributed by atoms with E-state index >= 15 is 0 Å². The van der Waals surface area contributed by atoms with E-state index in [9.17, 15) is 4.79 Å². The molecule has 0 bridgehead atoms. The van der Waals surface area contributed by atoms with Gasteiger partial charge in [-0.15, -0.1) is 0 Å². The Bertz CT molecular complexity index is 801. The van der Waals surface area contributed by atoms with Gasteiger partial charge in [-0.25, -0.2) is 0 Å². The first-order valence-electron chi connectivity index (χ1n) is 6.52. The van der Waals surface area contributed by atoms with Crippen molar-refractivity contribution < 1.29 is 14.1 Å². The van der Waals surface area contributed by atoms with Gasteiger partial charge in [-0.3, -0.25) is 4.79 Å². The van der Waals surface area contributed by atoms with Gasteiger partial charge in [0.15, 0.2) is 12.9 Å².